The Morgan fingerprint density at radius 3 is 2.39 bits per heavy atom. The standard InChI is InChI=1S/C15H21ClN2/c1-5-9-18(10-6-2)13-7-8-14(12(3)17-4)15(16)11-13/h5-8,11-12,17H,1-2,9-10H2,3-4H3. The van der Waals surface area contributed by atoms with Gasteiger partial charge in [0.15, 0.2) is 0 Å². The zero-order valence-electron chi connectivity index (χ0n) is 11.1. The van der Waals surface area contributed by atoms with Crippen molar-refractivity contribution in [2.45, 2.75) is 13.0 Å². The number of nitrogens with one attached hydrogen (secondary N) is 1. The first-order valence-corrected chi connectivity index (χ1v) is 6.45. The van der Waals surface area contributed by atoms with Gasteiger partial charge in [-0.1, -0.05) is 29.8 Å². The van der Waals surface area contributed by atoms with Gasteiger partial charge in [-0.05, 0) is 31.7 Å². The third-order valence-electron chi connectivity index (χ3n) is 2.95. The van der Waals surface area contributed by atoms with E-state index in [4.69, 9.17) is 11.6 Å². The highest BCUT2D eigenvalue weighted by molar-refractivity contribution is 6.31. The summed E-state index contributed by atoms with van der Waals surface area (Å²) in [6, 6.07) is 6.40. The molecule has 1 rings (SSSR count). The molecule has 1 aromatic rings. The summed E-state index contributed by atoms with van der Waals surface area (Å²) in [5.41, 5.74) is 2.20. The summed E-state index contributed by atoms with van der Waals surface area (Å²) in [5, 5.41) is 3.98. The minimum Gasteiger partial charge on any atom is -0.364 e. The molecule has 98 valence electrons. The molecule has 0 saturated carbocycles. The van der Waals surface area contributed by atoms with Gasteiger partial charge in [0.25, 0.3) is 0 Å². The highest BCUT2D eigenvalue weighted by atomic mass is 35.5. The van der Waals surface area contributed by atoms with E-state index in [2.05, 4.69) is 42.4 Å². The van der Waals surface area contributed by atoms with Crippen LogP contribution in [0.4, 0.5) is 5.69 Å². The number of hydrogen-bond donors (Lipinski definition) is 1. The SMILES string of the molecule is C=CCN(CC=C)c1ccc(C(C)NC)c(Cl)c1. The van der Waals surface area contributed by atoms with Gasteiger partial charge in [-0.15, -0.1) is 13.2 Å². The predicted octanol–water partition coefficient (Wildman–Crippen LogP) is 3.80. The van der Waals surface area contributed by atoms with E-state index in [0.29, 0.717) is 0 Å². The fourth-order valence-corrected chi connectivity index (χ4v) is 2.15. The predicted molar refractivity (Wildman–Crippen MR) is 81.5 cm³/mol. The first-order valence-electron chi connectivity index (χ1n) is 6.07. The van der Waals surface area contributed by atoms with Crippen LogP contribution in [-0.4, -0.2) is 20.1 Å². The second-order valence-electron chi connectivity index (χ2n) is 4.20. The third-order valence-corrected chi connectivity index (χ3v) is 3.28. The van der Waals surface area contributed by atoms with Crippen LogP contribution in [0.1, 0.15) is 18.5 Å². The quantitative estimate of drug-likeness (QED) is 0.754. The zero-order chi connectivity index (χ0) is 13.5. The average Bonchev–Trinajstić information content (AvgIpc) is 2.37. The fraction of sp³-hybridized carbons (Fsp3) is 0.333. The lowest BCUT2D eigenvalue weighted by atomic mass is 10.1. The fourth-order valence-electron chi connectivity index (χ4n) is 1.82. The molecular formula is C15H21ClN2. The molecule has 0 aliphatic carbocycles. The number of anilines is 1. The Labute approximate surface area is 115 Å². The number of benzene rings is 1. The van der Waals surface area contributed by atoms with Crippen LogP contribution < -0.4 is 10.2 Å². The van der Waals surface area contributed by atoms with E-state index in [9.17, 15) is 0 Å². The lowest BCUT2D eigenvalue weighted by molar-refractivity contribution is 0.652. The normalized spacial score (nSPS) is 11.9. The van der Waals surface area contributed by atoms with E-state index < -0.39 is 0 Å². The van der Waals surface area contributed by atoms with E-state index in [1.54, 1.807) is 0 Å². The van der Waals surface area contributed by atoms with Gasteiger partial charge in [-0.25, -0.2) is 0 Å². The van der Waals surface area contributed by atoms with Crippen molar-refractivity contribution in [1.29, 1.82) is 0 Å². The van der Waals surface area contributed by atoms with Gasteiger partial charge < -0.3 is 10.2 Å². The highest BCUT2D eigenvalue weighted by Gasteiger charge is 2.10. The van der Waals surface area contributed by atoms with Crippen molar-refractivity contribution >= 4 is 17.3 Å². The topological polar surface area (TPSA) is 15.3 Å². The average molecular weight is 265 g/mol. The summed E-state index contributed by atoms with van der Waals surface area (Å²) < 4.78 is 0. The number of hydrogen-bond acceptors (Lipinski definition) is 2. The van der Waals surface area contributed by atoms with Crippen molar-refractivity contribution in [2.75, 3.05) is 25.0 Å². The Balaban J connectivity index is 3.00. The number of rotatable bonds is 7. The van der Waals surface area contributed by atoms with Crippen molar-refractivity contribution in [3.05, 3.63) is 54.1 Å². The van der Waals surface area contributed by atoms with Gasteiger partial charge in [0.1, 0.15) is 0 Å². The molecule has 0 aliphatic rings. The zero-order valence-corrected chi connectivity index (χ0v) is 11.9. The maximum atomic E-state index is 6.33. The summed E-state index contributed by atoms with van der Waals surface area (Å²) in [4.78, 5) is 2.17. The second-order valence-corrected chi connectivity index (χ2v) is 4.61. The van der Waals surface area contributed by atoms with Crippen LogP contribution in [-0.2, 0) is 0 Å². The van der Waals surface area contributed by atoms with Gasteiger partial charge in [0.2, 0.25) is 0 Å². The van der Waals surface area contributed by atoms with Gasteiger partial charge in [0, 0.05) is 29.8 Å². The van der Waals surface area contributed by atoms with Crippen molar-refractivity contribution < 1.29 is 0 Å². The molecule has 0 aromatic heterocycles. The third kappa shape index (κ3) is 3.62. The molecular weight excluding hydrogens is 244 g/mol. The van der Waals surface area contributed by atoms with Gasteiger partial charge >= 0.3 is 0 Å². The van der Waals surface area contributed by atoms with Crippen LogP contribution in [0, 0.1) is 0 Å². The minimum atomic E-state index is 0.249. The number of halogens is 1. The smallest absolute Gasteiger partial charge is 0.0474 e. The van der Waals surface area contributed by atoms with Gasteiger partial charge in [-0.2, -0.15) is 0 Å². The second kappa shape index (κ2) is 7.24. The van der Waals surface area contributed by atoms with Crippen LogP contribution in [0.5, 0.6) is 0 Å². The molecule has 1 N–H and O–H groups in total. The summed E-state index contributed by atoms with van der Waals surface area (Å²) in [6.45, 7) is 11.2. The Bertz CT molecular complexity index is 405. The van der Waals surface area contributed by atoms with Crippen LogP contribution in [0.15, 0.2) is 43.5 Å². The van der Waals surface area contributed by atoms with E-state index in [1.807, 2.05) is 25.3 Å². The molecule has 18 heavy (non-hydrogen) atoms. The van der Waals surface area contributed by atoms with Crippen LogP contribution in [0.3, 0.4) is 0 Å². The molecule has 0 fully saturated rings. The monoisotopic (exact) mass is 264 g/mol. The van der Waals surface area contributed by atoms with E-state index in [-0.39, 0.29) is 6.04 Å². The highest BCUT2D eigenvalue weighted by Crippen LogP contribution is 2.27. The van der Waals surface area contributed by atoms with E-state index >= 15 is 0 Å². The maximum Gasteiger partial charge on any atom is 0.0474 e. The van der Waals surface area contributed by atoms with Crippen molar-refractivity contribution in [2.24, 2.45) is 0 Å². The molecule has 3 heteroatoms. The summed E-state index contributed by atoms with van der Waals surface area (Å²) in [6.07, 6.45) is 3.75. The van der Waals surface area contributed by atoms with E-state index in [0.717, 1.165) is 29.4 Å². The van der Waals surface area contributed by atoms with Gasteiger partial charge in [0.05, 0.1) is 0 Å². The Morgan fingerprint density at radius 1 is 1.33 bits per heavy atom. The molecule has 0 spiro atoms. The molecule has 1 aromatic carbocycles. The van der Waals surface area contributed by atoms with E-state index in [1.165, 1.54) is 0 Å². The van der Waals surface area contributed by atoms with Crippen molar-refractivity contribution in [3.63, 3.8) is 0 Å². The Hall–Kier alpha value is -1.25. The molecule has 2 nitrogen and oxygen atoms in total. The van der Waals surface area contributed by atoms with Crippen molar-refractivity contribution in [1.82, 2.24) is 5.32 Å². The molecule has 0 heterocycles. The molecule has 0 aliphatic heterocycles. The molecule has 1 atom stereocenters. The molecule has 0 saturated heterocycles. The largest absolute Gasteiger partial charge is 0.364 e. The Kier molecular flexibility index (Phi) is 5.96. The molecule has 0 amide bonds. The van der Waals surface area contributed by atoms with Gasteiger partial charge in [-0.3, -0.25) is 0 Å². The minimum absolute atomic E-state index is 0.249. The van der Waals surface area contributed by atoms with Crippen LogP contribution in [0.25, 0.3) is 0 Å². The molecule has 1 unspecified atom stereocenters. The van der Waals surface area contributed by atoms with Crippen LogP contribution in [0.2, 0.25) is 5.02 Å². The molecule has 0 bridgehead atoms. The lowest BCUT2D eigenvalue weighted by Crippen LogP contribution is -2.23. The summed E-state index contributed by atoms with van der Waals surface area (Å²) in [5.74, 6) is 0. The maximum absolute atomic E-state index is 6.33. The number of nitrogens with zero attached hydrogens (tertiary/aromatic N) is 1. The summed E-state index contributed by atoms with van der Waals surface area (Å²) >= 11 is 6.33. The van der Waals surface area contributed by atoms with Crippen molar-refractivity contribution in [3.8, 4) is 0 Å². The Morgan fingerprint density at radius 2 is 1.94 bits per heavy atom. The summed E-state index contributed by atoms with van der Waals surface area (Å²) in [7, 11) is 1.93. The lowest BCUT2D eigenvalue weighted by Gasteiger charge is -2.23. The first kappa shape index (κ1) is 14.8. The first-order chi connectivity index (χ1) is 8.63. The molecule has 0 radical (unpaired) electrons. The van der Waals surface area contributed by atoms with Crippen LogP contribution >= 0.6 is 11.6 Å².